The monoisotopic (exact) mass is 340 g/mol. The van der Waals surface area contributed by atoms with Gasteiger partial charge in [-0.3, -0.25) is 0 Å². The van der Waals surface area contributed by atoms with E-state index in [9.17, 15) is 0 Å². The Morgan fingerprint density at radius 2 is 1.95 bits per heavy atom. The molecule has 0 saturated heterocycles. The van der Waals surface area contributed by atoms with Crippen molar-refractivity contribution in [1.82, 2.24) is 0 Å². The molecule has 1 aromatic heterocycles. The third-order valence-corrected chi connectivity index (χ3v) is 4.43. The lowest BCUT2D eigenvalue weighted by molar-refractivity contribution is 0.0867. The van der Waals surface area contributed by atoms with E-state index >= 15 is 0 Å². The number of rotatable bonds is 3. The summed E-state index contributed by atoms with van der Waals surface area (Å²) in [5, 5.41) is 1.12. The van der Waals surface area contributed by atoms with Crippen LogP contribution >= 0.6 is 15.9 Å². The standard InChI is InChI=1S/C15H21BrO2Si/c1-15(2,3)14(18-19(4)5)11-8-10-6-7-17-13(10)12(16)9-11/h6-9,14,19H,1-5H3. The Hall–Kier alpha value is -0.583. The van der Waals surface area contributed by atoms with Crippen LogP contribution in [0.15, 0.2) is 33.4 Å². The Morgan fingerprint density at radius 1 is 1.26 bits per heavy atom. The van der Waals surface area contributed by atoms with Gasteiger partial charge in [0.25, 0.3) is 0 Å². The lowest BCUT2D eigenvalue weighted by atomic mass is 9.84. The number of furan rings is 1. The highest BCUT2D eigenvalue weighted by molar-refractivity contribution is 9.10. The molecule has 19 heavy (non-hydrogen) atoms. The average molecular weight is 341 g/mol. The topological polar surface area (TPSA) is 22.4 Å². The second kappa shape index (κ2) is 5.42. The van der Waals surface area contributed by atoms with E-state index in [0.29, 0.717) is 0 Å². The van der Waals surface area contributed by atoms with Crippen molar-refractivity contribution in [2.45, 2.75) is 40.0 Å². The highest BCUT2D eigenvalue weighted by Crippen LogP contribution is 2.39. The highest BCUT2D eigenvalue weighted by atomic mass is 79.9. The molecule has 0 saturated carbocycles. The molecule has 2 aromatic rings. The largest absolute Gasteiger partial charge is 0.463 e. The molecule has 4 heteroatoms. The zero-order chi connectivity index (χ0) is 14.2. The molecule has 0 radical (unpaired) electrons. The van der Waals surface area contributed by atoms with Crippen LogP contribution in [0.5, 0.6) is 0 Å². The van der Waals surface area contributed by atoms with E-state index < -0.39 is 9.04 Å². The lowest BCUT2D eigenvalue weighted by Crippen LogP contribution is -2.25. The van der Waals surface area contributed by atoms with Crippen LogP contribution in [0.3, 0.4) is 0 Å². The third-order valence-electron chi connectivity index (χ3n) is 3.03. The molecule has 0 aliphatic rings. The van der Waals surface area contributed by atoms with Gasteiger partial charge in [-0.2, -0.15) is 0 Å². The summed E-state index contributed by atoms with van der Waals surface area (Å²) in [6.45, 7) is 11.1. The first-order chi connectivity index (χ1) is 8.79. The maximum Gasteiger partial charge on any atom is 0.171 e. The molecule has 2 rings (SSSR count). The summed E-state index contributed by atoms with van der Waals surface area (Å²) in [5.74, 6) is 0. The number of hydrogen-bond acceptors (Lipinski definition) is 2. The van der Waals surface area contributed by atoms with E-state index in [4.69, 9.17) is 8.84 Å². The van der Waals surface area contributed by atoms with Gasteiger partial charge in [-0.25, -0.2) is 0 Å². The van der Waals surface area contributed by atoms with Crippen LogP contribution < -0.4 is 0 Å². The molecule has 0 N–H and O–H groups in total. The molecule has 1 atom stereocenters. The highest BCUT2D eigenvalue weighted by Gasteiger charge is 2.28. The Bertz CT molecular complexity index is 569. The SMILES string of the molecule is C[SiH](C)OC(c1cc(Br)c2occc2c1)C(C)(C)C. The number of halogens is 1. The van der Waals surface area contributed by atoms with Crippen LogP contribution in [-0.2, 0) is 4.43 Å². The molecule has 0 bridgehead atoms. The van der Waals surface area contributed by atoms with Gasteiger partial charge in [-0.1, -0.05) is 20.8 Å². The lowest BCUT2D eigenvalue weighted by Gasteiger charge is -2.33. The molecule has 1 unspecified atom stereocenters. The first-order valence-corrected chi connectivity index (χ1v) is 10.2. The van der Waals surface area contributed by atoms with E-state index in [2.05, 4.69) is 61.9 Å². The fraction of sp³-hybridized carbons (Fsp3) is 0.467. The van der Waals surface area contributed by atoms with Crippen molar-refractivity contribution >= 4 is 35.9 Å². The summed E-state index contributed by atoms with van der Waals surface area (Å²) in [7, 11) is -1.10. The second-order valence-corrected chi connectivity index (χ2v) is 9.50. The first-order valence-electron chi connectivity index (χ1n) is 6.61. The predicted molar refractivity (Wildman–Crippen MR) is 86.1 cm³/mol. The van der Waals surface area contributed by atoms with E-state index in [1.54, 1.807) is 6.26 Å². The summed E-state index contributed by atoms with van der Waals surface area (Å²) in [4.78, 5) is 0. The van der Waals surface area contributed by atoms with E-state index in [0.717, 1.165) is 15.4 Å². The Labute approximate surface area is 125 Å². The van der Waals surface area contributed by atoms with Gasteiger partial charge in [0.15, 0.2) is 9.04 Å². The van der Waals surface area contributed by atoms with Crippen molar-refractivity contribution in [3.63, 3.8) is 0 Å². The van der Waals surface area contributed by atoms with Crippen molar-refractivity contribution in [1.29, 1.82) is 0 Å². The minimum Gasteiger partial charge on any atom is -0.463 e. The first kappa shape index (κ1) is 14.8. The zero-order valence-corrected chi connectivity index (χ0v) is 14.9. The van der Waals surface area contributed by atoms with Gasteiger partial charge in [-0.05, 0) is 58.2 Å². The van der Waals surface area contributed by atoms with Crippen LogP contribution in [-0.4, -0.2) is 9.04 Å². The van der Waals surface area contributed by atoms with Crippen molar-refractivity contribution in [2.24, 2.45) is 5.41 Å². The van der Waals surface area contributed by atoms with E-state index in [-0.39, 0.29) is 11.5 Å². The van der Waals surface area contributed by atoms with Crippen molar-refractivity contribution < 1.29 is 8.84 Å². The smallest absolute Gasteiger partial charge is 0.171 e. The summed E-state index contributed by atoms with van der Waals surface area (Å²) < 4.78 is 12.7. The van der Waals surface area contributed by atoms with Gasteiger partial charge in [0.05, 0.1) is 16.8 Å². The molecule has 0 aliphatic carbocycles. The molecular formula is C15H21BrO2Si. The molecule has 0 spiro atoms. The second-order valence-electron chi connectivity index (χ2n) is 6.27. The zero-order valence-electron chi connectivity index (χ0n) is 12.2. The van der Waals surface area contributed by atoms with E-state index in [1.807, 2.05) is 6.07 Å². The van der Waals surface area contributed by atoms with Crippen LogP contribution in [0.1, 0.15) is 32.4 Å². The Balaban J connectivity index is 2.49. The molecule has 0 aliphatic heterocycles. The van der Waals surface area contributed by atoms with Crippen LogP contribution in [0.4, 0.5) is 0 Å². The summed E-state index contributed by atoms with van der Waals surface area (Å²) in [6.07, 6.45) is 1.85. The predicted octanol–water partition coefficient (Wildman–Crippen LogP) is 5.28. The maximum atomic E-state index is 6.27. The Morgan fingerprint density at radius 3 is 2.53 bits per heavy atom. The number of fused-ring (bicyclic) bond motifs is 1. The fourth-order valence-electron chi connectivity index (χ4n) is 2.27. The van der Waals surface area contributed by atoms with Crippen LogP contribution in [0, 0.1) is 5.41 Å². The summed E-state index contributed by atoms with van der Waals surface area (Å²) >= 11 is 3.59. The fourth-order valence-corrected chi connectivity index (χ4v) is 3.96. The molecule has 1 aromatic carbocycles. The minimum absolute atomic E-state index is 0.0775. The van der Waals surface area contributed by atoms with Gasteiger partial charge in [0.2, 0.25) is 0 Å². The summed E-state index contributed by atoms with van der Waals surface area (Å²) in [6, 6.07) is 6.30. The Kier molecular flexibility index (Phi) is 4.23. The number of hydrogen-bond donors (Lipinski definition) is 0. The van der Waals surface area contributed by atoms with Gasteiger partial charge in [0, 0.05) is 5.39 Å². The normalized spacial score (nSPS) is 14.3. The van der Waals surface area contributed by atoms with Crippen molar-refractivity contribution in [3.05, 3.63) is 34.5 Å². The number of benzene rings is 1. The molecular weight excluding hydrogens is 320 g/mol. The van der Waals surface area contributed by atoms with Crippen molar-refractivity contribution in [2.75, 3.05) is 0 Å². The van der Waals surface area contributed by atoms with Gasteiger partial charge >= 0.3 is 0 Å². The maximum absolute atomic E-state index is 6.27. The summed E-state index contributed by atoms with van der Waals surface area (Å²) in [5.41, 5.74) is 2.20. The van der Waals surface area contributed by atoms with Crippen LogP contribution in [0.25, 0.3) is 11.0 Å². The molecule has 0 amide bonds. The molecule has 0 fully saturated rings. The average Bonchev–Trinajstić information content (AvgIpc) is 2.72. The quantitative estimate of drug-likeness (QED) is 0.709. The minimum atomic E-state index is -1.10. The molecule has 2 nitrogen and oxygen atoms in total. The molecule has 104 valence electrons. The third kappa shape index (κ3) is 3.30. The molecule has 1 heterocycles. The van der Waals surface area contributed by atoms with Gasteiger partial charge < -0.3 is 8.84 Å². The van der Waals surface area contributed by atoms with E-state index in [1.165, 1.54) is 5.56 Å². The van der Waals surface area contributed by atoms with Gasteiger partial charge in [-0.15, -0.1) is 0 Å². The van der Waals surface area contributed by atoms with Crippen molar-refractivity contribution in [3.8, 4) is 0 Å². The van der Waals surface area contributed by atoms with Gasteiger partial charge in [0.1, 0.15) is 5.58 Å². The van der Waals surface area contributed by atoms with Crippen LogP contribution in [0.2, 0.25) is 13.1 Å².